The molecule has 0 aliphatic carbocycles. The lowest BCUT2D eigenvalue weighted by atomic mass is 10.2. The summed E-state index contributed by atoms with van der Waals surface area (Å²) in [6.07, 6.45) is 7.55. The highest BCUT2D eigenvalue weighted by Gasteiger charge is 2.26. The van der Waals surface area contributed by atoms with Crippen LogP contribution in [-0.2, 0) is 0 Å². The molecule has 0 aromatic heterocycles. The molecule has 2 aliphatic rings. The van der Waals surface area contributed by atoms with E-state index in [9.17, 15) is 0 Å². The van der Waals surface area contributed by atoms with Crippen LogP contribution in [0.4, 0.5) is 0 Å². The van der Waals surface area contributed by atoms with Crippen LogP contribution in [0.15, 0.2) is 35.9 Å². The lowest BCUT2D eigenvalue weighted by Gasteiger charge is -2.26. The van der Waals surface area contributed by atoms with Gasteiger partial charge < -0.3 is 10.2 Å². The van der Waals surface area contributed by atoms with Gasteiger partial charge in [-0.2, -0.15) is 0 Å². The fourth-order valence-corrected chi connectivity index (χ4v) is 2.21. The average molecular weight is 176 g/mol. The van der Waals surface area contributed by atoms with Crippen LogP contribution in [0, 0.1) is 0 Å². The summed E-state index contributed by atoms with van der Waals surface area (Å²) in [6.45, 7) is 6.99. The molecule has 0 spiro atoms. The Labute approximate surface area is 79.6 Å². The van der Waals surface area contributed by atoms with Crippen molar-refractivity contribution in [1.82, 2.24) is 10.2 Å². The van der Waals surface area contributed by atoms with E-state index in [1.165, 1.54) is 29.9 Å². The Morgan fingerprint density at radius 2 is 2.46 bits per heavy atom. The summed E-state index contributed by atoms with van der Waals surface area (Å²) in [6, 6.07) is 0. The van der Waals surface area contributed by atoms with Crippen molar-refractivity contribution in [2.75, 3.05) is 6.54 Å². The van der Waals surface area contributed by atoms with Crippen molar-refractivity contribution in [3.8, 4) is 0 Å². The lowest BCUT2D eigenvalue weighted by Crippen LogP contribution is -2.23. The van der Waals surface area contributed by atoms with Crippen LogP contribution < -0.4 is 5.32 Å². The topological polar surface area (TPSA) is 15.3 Å². The van der Waals surface area contributed by atoms with Crippen LogP contribution in [0.5, 0.6) is 0 Å². The Balaban J connectivity index is 2.28. The Morgan fingerprint density at radius 3 is 3.15 bits per heavy atom. The van der Waals surface area contributed by atoms with Crippen molar-refractivity contribution in [3.63, 3.8) is 0 Å². The van der Waals surface area contributed by atoms with Crippen LogP contribution in [-0.4, -0.2) is 11.4 Å². The molecule has 0 aromatic rings. The predicted octanol–water partition coefficient (Wildman–Crippen LogP) is 2.33. The molecule has 0 atom stereocenters. The number of rotatable bonds is 3. The third kappa shape index (κ3) is 1.26. The first kappa shape index (κ1) is 8.42. The van der Waals surface area contributed by atoms with Crippen LogP contribution in [0.2, 0.25) is 0 Å². The number of fused-ring (bicyclic) bond motifs is 2. The molecular formula is C11H16N2. The van der Waals surface area contributed by atoms with E-state index in [1.807, 2.05) is 0 Å². The quantitative estimate of drug-likeness (QED) is 0.710. The molecule has 1 fully saturated rings. The summed E-state index contributed by atoms with van der Waals surface area (Å²) in [5.41, 5.74) is 4.31. The second-order valence-electron chi connectivity index (χ2n) is 3.42. The molecule has 1 saturated heterocycles. The van der Waals surface area contributed by atoms with Gasteiger partial charge in [0.05, 0.1) is 0 Å². The van der Waals surface area contributed by atoms with Gasteiger partial charge >= 0.3 is 0 Å². The Hall–Kier alpha value is -1.18. The molecule has 70 valence electrons. The van der Waals surface area contributed by atoms with E-state index >= 15 is 0 Å². The third-order valence-electron chi connectivity index (χ3n) is 2.77. The van der Waals surface area contributed by atoms with Crippen LogP contribution >= 0.6 is 0 Å². The smallest absolute Gasteiger partial charge is 0.0383 e. The van der Waals surface area contributed by atoms with Crippen molar-refractivity contribution >= 4 is 0 Å². The van der Waals surface area contributed by atoms with Crippen LogP contribution in [0.1, 0.15) is 26.2 Å². The SMILES string of the molecule is C=CNC1=C2CCC(=CC1)N2CC. The highest BCUT2D eigenvalue weighted by atomic mass is 15.2. The van der Waals surface area contributed by atoms with Gasteiger partial charge in [0.2, 0.25) is 0 Å². The highest BCUT2D eigenvalue weighted by Crippen LogP contribution is 2.36. The molecule has 0 aromatic carbocycles. The molecule has 1 N–H and O–H groups in total. The summed E-state index contributed by atoms with van der Waals surface area (Å²) >= 11 is 0. The Morgan fingerprint density at radius 1 is 1.62 bits per heavy atom. The van der Waals surface area contributed by atoms with Gasteiger partial charge in [-0.15, -0.1) is 0 Å². The molecule has 2 bridgehead atoms. The summed E-state index contributed by atoms with van der Waals surface area (Å²) < 4.78 is 0. The van der Waals surface area contributed by atoms with Gasteiger partial charge in [0.25, 0.3) is 0 Å². The van der Waals surface area contributed by atoms with Gasteiger partial charge in [-0.25, -0.2) is 0 Å². The molecule has 0 amide bonds. The molecule has 0 unspecified atom stereocenters. The fourth-order valence-electron chi connectivity index (χ4n) is 2.21. The minimum Gasteiger partial charge on any atom is -0.364 e. The van der Waals surface area contributed by atoms with E-state index in [1.54, 1.807) is 6.20 Å². The van der Waals surface area contributed by atoms with E-state index < -0.39 is 0 Å². The van der Waals surface area contributed by atoms with Gasteiger partial charge in [0.1, 0.15) is 0 Å². The summed E-state index contributed by atoms with van der Waals surface area (Å²) in [5.74, 6) is 0. The second-order valence-corrected chi connectivity index (χ2v) is 3.42. The van der Waals surface area contributed by atoms with Crippen molar-refractivity contribution in [2.45, 2.75) is 26.2 Å². The zero-order valence-corrected chi connectivity index (χ0v) is 8.14. The number of hydrogen-bond acceptors (Lipinski definition) is 2. The first-order chi connectivity index (χ1) is 6.36. The minimum absolute atomic E-state index is 1.05. The molecule has 2 aliphatic heterocycles. The Bertz CT molecular complexity index is 286. The van der Waals surface area contributed by atoms with E-state index in [2.05, 4.69) is 29.8 Å². The minimum atomic E-state index is 1.05. The second kappa shape index (κ2) is 3.29. The van der Waals surface area contributed by atoms with E-state index in [-0.39, 0.29) is 0 Å². The zero-order valence-electron chi connectivity index (χ0n) is 8.14. The van der Waals surface area contributed by atoms with Crippen LogP contribution in [0.25, 0.3) is 0 Å². The van der Waals surface area contributed by atoms with Gasteiger partial charge in [-0.05, 0) is 26.0 Å². The zero-order chi connectivity index (χ0) is 9.26. The normalized spacial score (nSPS) is 20.4. The molecule has 2 heteroatoms. The Kier molecular flexibility index (Phi) is 2.13. The lowest BCUT2D eigenvalue weighted by molar-refractivity contribution is 0.460. The van der Waals surface area contributed by atoms with Crippen molar-refractivity contribution in [1.29, 1.82) is 0 Å². The van der Waals surface area contributed by atoms with E-state index in [0.717, 1.165) is 13.0 Å². The van der Waals surface area contributed by atoms with Gasteiger partial charge in [0, 0.05) is 30.1 Å². The van der Waals surface area contributed by atoms with Crippen molar-refractivity contribution in [3.05, 3.63) is 35.9 Å². The number of nitrogens with zero attached hydrogens (tertiary/aromatic N) is 1. The molecule has 2 nitrogen and oxygen atoms in total. The average Bonchev–Trinajstić information content (AvgIpc) is 2.45. The molecule has 0 saturated carbocycles. The summed E-state index contributed by atoms with van der Waals surface area (Å²) in [5, 5.41) is 3.23. The number of hydrogen-bond donors (Lipinski definition) is 1. The summed E-state index contributed by atoms with van der Waals surface area (Å²) in [7, 11) is 0. The molecule has 0 radical (unpaired) electrons. The van der Waals surface area contributed by atoms with Gasteiger partial charge in [0.15, 0.2) is 0 Å². The van der Waals surface area contributed by atoms with Crippen molar-refractivity contribution in [2.24, 2.45) is 0 Å². The standard InChI is InChI=1S/C11H16N2/c1-3-12-10-7-5-9-6-8-11(10)13(9)4-2/h3,5,12H,1,4,6-8H2,2H3. The fraction of sp³-hybridized carbons (Fsp3) is 0.455. The molecule has 2 heterocycles. The maximum atomic E-state index is 3.70. The van der Waals surface area contributed by atoms with Gasteiger partial charge in [-0.3, -0.25) is 0 Å². The number of allylic oxidation sites excluding steroid dienone is 3. The largest absolute Gasteiger partial charge is 0.364 e. The monoisotopic (exact) mass is 176 g/mol. The molecule has 2 rings (SSSR count). The van der Waals surface area contributed by atoms with Gasteiger partial charge in [-0.1, -0.05) is 12.7 Å². The first-order valence-corrected chi connectivity index (χ1v) is 4.93. The molecule has 13 heavy (non-hydrogen) atoms. The van der Waals surface area contributed by atoms with Crippen LogP contribution in [0.3, 0.4) is 0 Å². The first-order valence-electron chi connectivity index (χ1n) is 4.93. The maximum absolute atomic E-state index is 3.70. The van der Waals surface area contributed by atoms with E-state index in [4.69, 9.17) is 0 Å². The summed E-state index contributed by atoms with van der Waals surface area (Å²) in [4.78, 5) is 2.41. The maximum Gasteiger partial charge on any atom is 0.0383 e. The third-order valence-corrected chi connectivity index (χ3v) is 2.77. The number of nitrogens with one attached hydrogen (secondary N) is 1. The molecular weight excluding hydrogens is 160 g/mol. The highest BCUT2D eigenvalue weighted by molar-refractivity contribution is 5.32. The van der Waals surface area contributed by atoms with Crippen molar-refractivity contribution < 1.29 is 0 Å². The predicted molar refractivity (Wildman–Crippen MR) is 54.7 cm³/mol. The van der Waals surface area contributed by atoms with E-state index in [0.29, 0.717) is 0 Å².